The Morgan fingerprint density at radius 1 is 1.24 bits per heavy atom. The molecule has 0 aromatic carbocycles. The van der Waals surface area contributed by atoms with Gasteiger partial charge in [0, 0.05) is 51.1 Å². The van der Waals surface area contributed by atoms with Gasteiger partial charge in [0.25, 0.3) is 0 Å². The van der Waals surface area contributed by atoms with Gasteiger partial charge < -0.3 is 9.64 Å². The molecule has 1 aliphatic heterocycles. The first kappa shape index (κ1) is 24.9. The van der Waals surface area contributed by atoms with E-state index in [-0.39, 0.29) is 7.21 Å². The lowest BCUT2D eigenvalue weighted by molar-refractivity contribution is -0.00835. The number of carbonyl (C=O) groups is 1. The van der Waals surface area contributed by atoms with E-state index in [1.54, 1.807) is 12.3 Å². The van der Waals surface area contributed by atoms with Crippen molar-refractivity contribution in [3.8, 4) is 0 Å². The zero-order valence-corrected chi connectivity index (χ0v) is 19.2. The number of ether oxygens (including phenoxy) is 1. The van der Waals surface area contributed by atoms with Crippen LogP contribution in [0.3, 0.4) is 0 Å². The second kappa shape index (κ2) is 13.2. The molecular weight excluding hydrogens is 362 g/mol. The second-order valence-electron chi connectivity index (χ2n) is 7.51. The van der Waals surface area contributed by atoms with Crippen molar-refractivity contribution in [1.29, 1.82) is 0 Å². The lowest BCUT2D eigenvalue weighted by Gasteiger charge is -2.39. The molecule has 0 spiro atoms. The molecule has 1 saturated heterocycles. The number of rotatable bonds is 5. The largest absolute Gasteiger partial charge is 0.470 e. The van der Waals surface area contributed by atoms with Crippen LogP contribution in [0.15, 0.2) is 36.5 Å². The molecule has 0 radical (unpaired) electrons. The lowest BCUT2D eigenvalue weighted by atomic mass is 9.96. The third-order valence-corrected chi connectivity index (χ3v) is 5.13. The highest BCUT2D eigenvalue weighted by Gasteiger charge is 2.25. The van der Waals surface area contributed by atoms with Crippen LogP contribution in [0.4, 0.5) is 0 Å². The van der Waals surface area contributed by atoms with Crippen LogP contribution in [0.1, 0.15) is 71.4 Å². The number of nitrogens with zero attached hydrogens (tertiary/aromatic N) is 3. The predicted molar refractivity (Wildman–Crippen MR) is 122 cm³/mol. The quantitative estimate of drug-likeness (QED) is 0.390. The van der Waals surface area contributed by atoms with Crippen LogP contribution in [0, 0.1) is 6.92 Å². The standard InChI is InChI=1S/C14H24N2O.C8H9NO.C2H6.H2/c1-4-14(17-13-6-5-7-13)16-10-8-15(9-11-16)12(2)3;1-6-3-4-8(5-9-6)7(2)10;1-2;/h12-13H,1,5-11H2,2-3H3;3-5H,1-2H3;1-2H3;1H. The number of hydrogen-bond donors (Lipinski definition) is 0. The topological polar surface area (TPSA) is 45.7 Å². The van der Waals surface area contributed by atoms with Gasteiger partial charge in [-0.15, -0.1) is 0 Å². The molecular formula is C24H41N3O2. The summed E-state index contributed by atoms with van der Waals surface area (Å²) in [6.45, 7) is 20.0. The van der Waals surface area contributed by atoms with E-state index < -0.39 is 0 Å². The summed E-state index contributed by atoms with van der Waals surface area (Å²) in [4.78, 5) is 19.5. The van der Waals surface area contributed by atoms with Crippen LogP contribution in [0.5, 0.6) is 0 Å². The van der Waals surface area contributed by atoms with Crippen LogP contribution < -0.4 is 0 Å². The molecule has 0 atom stereocenters. The number of hydrogen-bond acceptors (Lipinski definition) is 5. The summed E-state index contributed by atoms with van der Waals surface area (Å²) in [7, 11) is 0. The number of pyridine rings is 1. The van der Waals surface area contributed by atoms with Crippen molar-refractivity contribution >= 4 is 5.78 Å². The third-order valence-electron chi connectivity index (χ3n) is 5.13. The third kappa shape index (κ3) is 8.43. The molecule has 5 nitrogen and oxygen atoms in total. The summed E-state index contributed by atoms with van der Waals surface area (Å²) in [6.07, 6.45) is 5.70. The Hall–Kier alpha value is -2.10. The Bertz CT molecular complexity index is 658. The highest BCUT2D eigenvalue weighted by Crippen LogP contribution is 2.25. The van der Waals surface area contributed by atoms with Gasteiger partial charge in [0.05, 0.1) is 0 Å². The first-order valence-corrected chi connectivity index (χ1v) is 10.9. The Morgan fingerprint density at radius 3 is 2.24 bits per heavy atom. The lowest BCUT2D eigenvalue weighted by Crippen LogP contribution is -2.48. The summed E-state index contributed by atoms with van der Waals surface area (Å²) in [5, 5.41) is 0. The summed E-state index contributed by atoms with van der Waals surface area (Å²) in [5.41, 5.74) is 4.57. The van der Waals surface area contributed by atoms with Crippen LogP contribution in [-0.4, -0.2) is 58.9 Å². The van der Waals surface area contributed by atoms with Crippen molar-refractivity contribution < 1.29 is 11.0 Å². The number of carbonyl (C=O) groups excluding carboxylic acids is 1. The van der Waals surface area contributed by atoms with Crippen LogP contribution in [-0.2, 0) is 4.74 Å². The van der Waals surface area contributed by atoms with Gasteiger partial charge in [-0.1, -0.05) is 26.2 Å². The normalized spacial score (nSPS) is 16.4. The maximum atomic E-state index is 10.7. The first-order chi connectivity index (χ1) is 13.9. The van der Waals surface area contributed by atoms with Gasteiger partial charge in [0.1, 0.15) is 6.10 Å². The van der Waals surface area contributed by atoms with E-state index in [1.807, 2.05) is 26.8 Å². The minimum absolute atomic E-state index is 0. The van der Waals surface area contributed by atoms with Crippen molar-refractivity contribution in [2.45, 2.75) is 73.0 Å². The zero-order chi connectivity index (χ0) is 21.8. The smallest absolute Gasteiger partial charge is 0.235 e. The Kier molecular flexibility index (Phi) is 11.3. The van der Waals surface area contributed by atoms with Gasteiger partial charge in [0.15, 0.2) is 5.78 Å². The second-order valence-corrected chi connectivity index (χ2v) is 7.51. The molecule has 0 amide bonds. The number of aromatic nitrogens is 1. The zero-order valence-electron chi connectivity index (χ0n) is 19.2. The number of aryl methyl sites for hydroxylation is 1. The maximum Gasteiger partial charge on any atom is 0.235 e. The molecule has 1 aromatic rings. The van der Waals surface area contributed by atoms with Crippen molar-refractivity contribution in [1.82, 2.24) is 14.8 Å². The highest BCUT2D eigenvalue weighted by molar-refractivity contribution is 5.93. The average molecular weight is 404 g/mol. The number of ketones is 1. The fourth-order valence-electron chi connectivity index (χ4n) is 2.99. The molecule has 1 saturated carbocycles. The molecule has 5 heteroatoms. The van der Waals surface area contributed by atoms with E-state index in [9.17, 15) is 4.79 Å². The van der Waals surface area contributed by atoms with E-state index in [0.29, 0.717) is 17.7 Å². The predicted octanol–water partition coefficient (Wildman–Crippen LogP) is 5.07. The van der Waals surface area contributed by atoms with E-state index in [4.69, 9.17) is 4.74 Å². The van der Waals surface area contributed by atoms with Crippen LogP contribution in [0.25, 0.3) is 0 Å². The van der Waals surface area contributed by atoms with E-state index in [1.165, 1.54) is 26.2 Å². The monoisotopic (exact) mass is 403 g/mol. The van der Waals surface area contributed by atoms with Crippen molar-refractivity contribution in [3.05, 3.63) is 47.8 Å². The van der Waals surface area contributed by atoms with Gasteiger partial charge in [-0.05, 0) is 59.1 Å². The van der Waals surface area contributed by atoms with Crippen molar-refractivity contribution in [2.75, 3.05) is 26.2 Å². The Labute approximate surface area is 178 Å². The van der Waals surface area contributed by atoms with Crippen LogP contribution >= 0.6 is 0 Å². The molecule has 0 unspecified atom stereocenters. The van der Waals surface area contributed by atoms with E-state index >= 15 is 0 Å². The highest BCUT2D eigenvalue weighted by atomic mass is 16.5. The van der Waals surface area contributed by atoms with Gasteiger partial charge in [-0.2, -0.15) is 0 Å². The van der Waals surface area contributed by atoms with Gasteiger partial charge in [-0.25, -0.2) is 0 Å². The minimum atomic E-state index is 0. The molecule has 0 N–H and O–H groups in total. The fourth-order valence-corrected chi connectivity index (χ4v) is 2.99. The molecule has 1 aromatic heterocycles. The molecule has 2 heterocycles. The summed E-state index contributed by atoms with van der Waals surface area (Å²) in [5.74, 6) is 0.936. The maximum absolute atomic E-state index is 10.7. The fraction of sp³-hybridized carbons (Fsp3) is 0.625. The van der Waals surface area contributed by atoms with E-state index in [2.05, 4.69) is 40.9 Å². The molecule has 3 rings (SSSR count). The average Bonchev–Trinajstić information content (AvgIpc) is 2.70. The molecule has 164 valence electrons. The van der Waals surface area contributed by atoms with Gasteiger partial charge >= 0.3 is 0 Å². The minimum Gasteiger partial charge on any atom is -0.470 e. The van der Waals surface area contributed by atoms with Crippen LogP contribution in [0.2, 0.25) is 0 Å². The van der Waals surface area contributed by atoms with Crippen molar-refractivity contribution in [3.63, 3.8) is 0 Å². The molecule has 2 aliphatic rings. The Morgan fingerprint density at radius 2 is 1.86 bits per heavy atom. The van der Waals surface area contributed by atoms with Crippen molar-refractivity contribution in [2.24, 2.45) is 0 Å². The molecule has 2 fully saturated rings. The number of piperazine rings is 1. The SMILES string of the molecule is C=C=C(OC1CCC1)N1CCN(C(C)C)CC1.CC.CC(=O)c1ccc(C)nc1.[HH]. The first-order valence-electron chi connectivity index (χ1n) is 10.9. The summed E-state index contributed by atoms with van der Waals surface area (Å²) >= 11 is 0. The van der Waals surface area contributed by atoms with Gasteiger partial charge in [0.2, 0.25) is 5.88 Å². The van der Waals surface area contributed by atoms with E-state index in [0.717, 1.165) is 37.8 Å². The molecule has 29 heavy (non-hydrogen) atoms. The van der Waals surface area contributed by atoms with Gasteiger partial charge in [-0.3, -0.25) is 14.7 Å². The Balaban J connectivity index is 0.000000557. The number of Topliss-reactive ketones (excluding diaryl/α,β-unsaturated/α-hetero) is 1. The molecule has 1 aliphatic carbocycles. The summed E-state index contributed by atoms with van der Waals surface area (Å²) < 4.78 is 5.92. The molecule has 0 bridgehead atoms. The summed E-state index contributed by atoms with van der Waals surface area (Å²) in [6, 6.07) is 4.25.